The normalized spacial score (nSPS) is 13.1. The van der Waals surface area contributed by atoms with Gasteiger partial charge in [0.1, 0.15) is 5.75 Å². The van der Waals surface area contributed by atoms with Gasteiger partial charge in [-0.25, -0.2) is 4.79 Å². The molecule has 0 aliphatic rings. The summed E-state index contributed by atoms with van der Waals surface area (Å²) in [5.41, 5.74) is -0.538. The van der Waals surface area contributed by atoms with Crippen LogP contribution in [-0.2, 0) is 4.79 Å². The standard InChI is InChI=1S/C12H14N2O7/c1-6(15)10(12(17)18)13-11(16)8-5-7(14(19)20)3-4-9(8)21-2/h3-6,10,15H,1-2H3,(H,13,16)(H,17,18). The second-order valence-electron chi connectivity index (χ2n) is 4.17. The Morgan fingerprint density at radius 3 is 2.48 bits per heavy atom. The summed E-state index contributed by atoms with van der Waals surface area (Å²) in [6.45, 7) is 1.20. The number of aliphatic hydroxyl groups excluding tert-OH is 1. The third-order valence-corrected chi connectivity index (χ3v) is 2.67. The number of carbonyl (C=O) groups is 2. The quantitative estimate of drug-likeness (QED) is 0.502. The van der Waals surface area contributed by atoms with Gasteiger partial charge in [-0.1, -0.05) is 0 Å². The van der Waals surface area contributed by atoms with Gasteiger partial charge in [0, 0.05) is 12.1 Å². The molecule has 0 saturated carbocycles. The van der Waals surface area contributed by atoms with E-state index in [1.807, 2.05) is 0 Å². The zero-order valence-corrected chi connectivity index (χ0v) is 11.3. The van der Waals surface area contributed by atoms with Crippen LogP contribution in [0.2, 0.25) is 0 Å². The maximum absolute atomic E-state index is 12.0. The van der Waals surface area contributed by atoms with E-state index in [4.69, 9.17) is 9.84 Å². The third-order valence-electron chi connectivity index (χ3n) is 2.67. The highest BCUT2D eigenvalue weighted by Crippen LogP contribution is 2.24. The van der Waals surface area contributed by atoms with Gasteiger partial charge in [-0.05, 0) is 13.0 Å². The first-order valence-electron chi connectivity index (χ1n) is 5.82. The molecule has 0 bridgehead atoms. The molecular weight excluding hydrogens is 284 g/mol. The van der Waals surface area contributed by atoms with Gasteiger partial charge >= 0.3 is 5.97 Å². The van der Waals surface area contributed by atoms with Crippen LogP contribution < -0.4 is 10.1 Å². The first-order chi connectivity index (χ1) is 9.77. The largest absolute Gasteiger partial charge is 0.496 e. The van der Waals surface area contributed by atoms with Crippen LogP contribution in [0.3, 0.4) is 0 Å². The predicted molar refractivity (Wildman–Crippen MR) is 70.2 cm³/mol. The summed E-state index contributed by atoms with van der Waals surface area (Å²) < 4.78 is 4.91. The van der Waals surface area contributed by atoms with Crippen molar-refractivity contribution in [1.82, 2.24) is 5.32 Å². The van der Waals surface area contributed by atoms with Crippen LogP contribution >= 0.6 is 0 Å². The molecule has 0 radical (unpaired) electrons. The summed E-state index contributed by atoms with van der Waals surface area (Å²) in [6, 6.07) is 1.81. The fraction of sp³-hybridized carbons (Fsp3) is 0.333. The molecule has 2 atom stereocenters. The minimum Gasteiger partial charge on any atom is -0.496 e. The number of nitro groups is 1. The second kappa shape index (κ2) is 6.66. The number of aliphatic hydroxyl groups is 1. The number of carboxylic acids is 1. The zero-order valence-electron chi connectivity index (χ0n) is 11.3. The summed E-state index contributed by atoms with van der Waals surface area (Å²) in [5, 5.41) is 31.0. The number of nitrogens with zero attached hydrogens (tertiary/aromatic N) is 1. The van der Waals surface area contributed by atoms with Crippen LogP contribution in [0.25, 0.3) is 0 Å². The van der Waals surface area contributed by atoms with Gasteiger partial charge in [-0.15, -0.1) is 0 Å². The van der Waals surface area contributed by atoms with Gasteiger partial charge in [-0.2, -0.15) is 0 Å². The summed E-state index contributed by atoms with van der Waals surface area (Å²) in [5.74, 6) is -2.28. The van der Waals surface area contributed by atoms with E-state index in [0.29, 0.717) is 0 Å². The molecule has 114 valence electrons. The van der Waals surface area contributed by atoms with Gasteiger partial charge < -0.3 is 20.3 Å². The van der Waals surface area contributed by atoms with E-state index in [0.717, 1.165) is 12.1 Å². The lowest BCUT2D eigenvalue weighted by atomic mass is 10.1. The Morgan fingerprint density at radius 2 is 2.05 bits per heavy atom. The molecule has 0 heterocycles. The smallest absolute Gasteiger partial charge is 0.328 e. The first-order valence-corrected chi connectivity index (χ1v) is 5.82. The van der Waals surface area contributed by atoms with Crippen molar-refractivity contribution in [3.8, 4) is 5.75 Å². The van der Waals surface area contributed by atoms with Crippen molar-refractivity contribution in [3.63, 3.8) is 0 Å². The number of aliphatic carboxylic acids is 1. The van der Waals surface area contributed by atoms with Crippen LogP contribution in [0.15, 0.2) is 18.2 Å². The van der Waals surface area contributed by atoms with Crippen molar-refractivity contribution < 1.29 is 29.5 Å². The maximum atomic E-state index is 12.0. The maximum Gasteiger partial charge on any atom is 0.328 e. The Labute approximate surface area is 119 Å². The van der Waals surface area contributed by atoms with Gasteiger partial charge in [-0.3, -0.25) is 14.9 Å². The van der Waals surface area contributed by atoms with E-state index >= 15 is 0 Å². The van der Waals surface area contributed by atoms with Crippen LogP contribution in [0, 0.1) is 10.1 Å². The molecule has 1 aromatic rings. The van der Waals surface area contributed by atoms with Crippen molar-refractivity contribution in [1.29, 1.82) is 0 Å². The molecule has 0 aliphatic carbocycles. The average Bonchev–Trinajstić information content (AvgIpc) is 2.42. The molecular formula is C12H14N2O7. The fourth-order valence-corrected chi connectivity index (χ4v) is 1.59. The van der Waals surface area contributed by atoms with Crippen molar-refractivity contribution in [2.24, 2.45) is 0 Å². The third kappa shape index (κ3) is 3.89. The minimum absolute atomic E-state index is 0.0489. The van der Waals surface area contributed by atoms with Gasteiger partial charge in [0.15, 0.2) is 6.04 Å². The van der Waals surface area contributed by atoms with Crippen LogP contribution in [0.4, 0.5) is 5.69 Å². The Hall–Kier alpha value is -2.68. The summed E-state index contributed by atoms with van der Waals surface area (Å²) in [7, 11) is 1.27. The average molecular weight is 298 g/mol. The molecule has 0 saturated heterocycles. The predicted octanol–water partition coefficient (Wildman–Crippen LogP) is 0.167. The number of nitrogens with one attached hydrogen (secondary N) is 1. The lowest BCUT2D eigenvalue weighted by Crippen LogP contribution is -2.47. The number of rotatable bonds is 6. The number of hydrogen-bond donors (Lipinski definition) is 3. The van der Waals surface area contributed by atoms with Crippen LogP contribution in [0.5, 0.6) is 5.75 Å². The number of carbonyl (C=O) groups excluding carboxylic acids is 1. The van der Waals surface area contributed by atoms with Crippen LogP contribution in [0.1, 0.15) is 17.3 Å². The number of non-ortho nitro benzene ring substituents is 1. The van der Waals surface area contributed by atoms with E-state index in [1.54, 1.807) is 0 Å². The highest BCUT2D eigenvalue weighted by molar-refractivity contribution is 5.99. The Kier molecular flexibility index (Phi) is 5.19. The SMILES string of the molecule is COc1ccc([N+](=O)[O-])cc1C(=O)NC(C(=O)O)C(C)O. The summed E-state index contributed by atoms with van der Waals surface area (Å²) >= 11 is 0. The number of amides is 1. The van der Waals surface area contributed by atoms with Gasteiger partial charge in [0.25, 0.3) is 11.6 Å². The lowest BCUT2D eigenvalue weighted by molar-refractivity contribution is -0.384. The van der Waals surface area contributed by atoms with Crippen LogP contribution in [-0.4, -0.2) is 46.3 Å². The Balaban J connectivity index is 3.13. The molecule has 0 aromatic heterocycles. The highest BCUT2D eigenvalue weighted by Gasteiger charge is 2.27. The van der Waals surface area contributed by atoms with E-state index in [1.165, 1.54) is 20.1 Å². The molecule has 0 aliphatic heterocycles. The second-order valence-corrected chi connectivity index (χ2v) is 4.17. The van der Waals surface area contributed by atoms with E-state index in [9.17, 15) is 24.8 Å². The zero-order chi connectivity index (χ0) is 16.2. The molecule has 1 amide bonds. The molecule has 0 fully saturated rings. The number of carboxylic acid groups (broad SMARTS) is 1. The van der Waals surface area contributed by atoms with E-state index in [-0.39, 0.29) is 17.0 Å². The fourth-order valence-electron chi connectivity index (χ4n) is 1.59. The van der Waals surface area contributed by atoms with Crippen molar-refractivity contribution in [2.75, 3.05) is 7.11 Å². The monoisotopic (exact) mass is 298 g/mol. The van der Waals surface area contributed by atoms with Gasteiger partial charge in [0.2, 0.25) is 0 Å². The summed E-state index contributed by atoms with van der Waals surface area (Å²) in [4.78, 5) is 33.0. The first kappa shape index (κ1) is 16.4. The topological polar surface area (TPSA) is 139 Å². The molecule has 3 N–H and O–H groups in total. The molecule has 0 spiro atoms. The number of ether oxygens (including phenoxy) is 1. The van der Waals surface area contributed by atoms with E-state index in [2.05, 4.69) is 5.32 Å². The molecule has 2 unspecified atom stereocenters. The molecule has 9 heteroatoms. The van der Waals surface area contributed by atoms with Gasteiger partial charge in [0.05, 0.1) is 23.7 Å². The van der Waals surface area contributed by atoms with Crippen molar-refractivity contribution >= 4 is 17.6 Å². The van der Waals surface area contributed by atoms with E-state index < -0.39 is 28.9 Å². The Bertz CT molecular complexity index is 571. The highest BCUT2D eigenvalue weighted by atomic mass is 16.6. The number of benzene rings is 1. The molecule has 21 heavy (non-hydrogen) atoms. The number of methoxy groups -OCH3 is 1. The molecule has 1 aromatic carbocycles. The summed E-state index contributed by atoms with van der Waals surface area (Å²) in [6.07, 6.45) is -1.34. The van der Waals surface area contributed by atoms with Crippen molar-refractivity contribution in [2.45, 2.75) is 19.1 Å². The van der Waals surface area contributed by atoms with Crippen molar-refractivity contribution in [3.05, 3.63) is 33.9 Å². The Morgan fingerprint density at radius 1 is 1.43 bits per heavy atom. The lowest BCUT2D eigenvalue weighted by Gasteiger charge is -2.17. The molecule has 1 rings (SSSR count). The number of hydrogen-bond acceptors (Lipinski definition) is 6. The molecule has 9 nitrogen and oxygen atoms in total. The number of nitro benzene ring substituents is 1. The minimum atomic E-state index is -1.54.